The summed E-state index contributed by atoms with van der Waals surface area (Å²) in [5.74, 6) is 2.34. The van der Waals surface area contributed by atoms with Crippen LogP contribution in [0.5, 0.6) is 0 Å². The highest BCUT2D eigenvalue weighted by atomic mass is 15.2. The van der Waals surface area contributed by atoms with Gasteiger partial charge in [-0.2, -0.15) is 0 Å². The minimum absolute atomic E-state index is 0.414. The number of imidazole rings is 1. The molecule has 0 spiro atoms. The van der Waals surface area contributed by atoms with Crippen LogP contribution in [0, 0.1) is 6.92 Å². The van der Waals surface area contributed by atoms with E-state index in [4.69, 9.17) is 4.98 Å². The quantitative estimate of drug-likeness (QED) is 0.742. The van der Waals surface area contributed by atoms with E-state index >= 15 is 0 Å². The summed E-state index contributed by atoms with van der Waals surface area (Å²) in [4.78, 5) is 19.9. The lowest BCUT2D eigenvalue weighted by Crippen LogP contribution is -2.35. The maximum atomic E-state index is 4.85. The summed E-state index contributed by atoms with van der Waals surface area (Å²) in [6.45, 7) is 3.98. The molecule has 0 aliphatic carbocycles. The van der Waals surface area contributed by atoms with E-state index in [9.17, 15) is 0 Å². The summed E-state index contributed by atoms with van der Waals surface area (Å²) in [6.07, 6.45) is 9.41. The maximum absolute atomic E-state index is 4.85. The minimum Gasteiger partial charge on any atom is -0.356 e. The first kappa shape index (κ1) is 14.8. The van der Waals surface area contributed by atoms with Gasteiger partial charge in [0.05, 0.1) is 0 Å². The lowest BCUT2D eigenvalue weighted by molar-refractivity contribution is 0.498. The topological polar surface area (TPSA) is 59.7 Å². The number of hydrogen-bond acceptors (Lipinski definition) is 5. The first-order valence-corrected chi connectivity index (χ1v) is 8.28. The Morgan fingerprint density at radius 1 is 1.17 bits per heavy atom. The third-order valence-electron chi connectivity index (χ3n) is 4.48. The second-order valence-corrected chi connectivity index (χ2v) is 6.19. The van der Waals surface area contributed by atoms with Gasteiger partial charge in [-0.3, -0.25) is 4.57 Å². The van der Waals surface area contributed by atoms with Crippen LogP contribution < -0.4 is 4.90 Å². The lowest BCUT2D eigenvalue weighted by atomic mass is 9.94. The Morgan fingerprint density at radius 3 is 2.96 bits per heavy atom. The summed E-state index contributed by atoms with van der Waals surface area (Å²) < 4.78 is 1.94. The number of pyridine rings is 1. The Hall–Kier alpha value is -2.76. The number of rotatable bonds is 3. The third-order valence-corrected chi connectivity index (χ3v) is 4.48. The van der Waals surface area contributed by atoms with E-state index in [1.165, 1.54) is 0 Å². The first-order valence-electron chi connectivity index (χ1n) is 8.28. The average Bonchev–Trinajstić information content (AvgIpc) is 3.17. The summed E-state index contributed by atoms with van der Waals surface area (Å²) in [5.41, 5.74) is 2.14. The number of aryl methyl sites for hydroxylation is 1. The predicted molar refractivity (Wildman–Crippen MR) is 92.3 cm³/mol. The molecule has 1 aliphatic rings. The molecular formula is C18H20N6. The molecule has 4 rings (SSSR count). The zero-order valence-electron chi connectivity index (χ0n) is 13.7. The number of piperidine rings is 1. The molecule has 1 atom stereocenters. The predicted octanol–water partition coefficient (Wildman–Crippen LogP) is 2.75. The van der Waals surface area contributed by atoms with Gasteiger partial charge in [-0.1, -0.05) is 6.07 Å². The Morgan fingerprint density at radius 2 is 2.12 bits per heavy atom. The number of hydrogen-bond donors (Lipinski definition) is 0. The van der Waals surface area contributed by atoms with E-state index in [1.54, 1.807) is 18.9 Å². The molecule has 6 nitrogen and oxygen atoms in total. The molecule has 6 heteroatoms. The van der Waals surface area contributed by atoms with Gasteiger partial charge in [-0.25, -0.2) is 19.9 Å². The van der Waals surface area contributed by atoms with Crippen molar-refractivity contribution >= 4 is 5.82 Å². The third kappa shape index (κ3) is 2.99. The van der Waals surface area contributed by atoms with Gasteiger partial charge >= 0.3 is 0 Å². The molecule has 1 fully saturated rings. The van der Waals surface area contributed by atoms with Crippen molar-refractivity contribution in [3.8, 4) is 5.82 Å². The van der Waals surface area contributed by atoms with E-state index < -0.39 is 0 Å². The summed E-state index contributed by atoms with van der Waals surface area (Å²) in [7, 11) is 0. The van der Waals surface area contributed by atoms with Gasteiger partial charge in [0.15, 0.2) is 0 Å². The van der Waals surface area contributed by atoms with Crippen molar-refractivity contribution < 1.29 is 0 Å². The van der Waals surface area contributed by atoms with Crippen LogP contribution in [0.15, 0.2) is 49.3 Å². The number of aromatic nitrogens is 5. The summed E-state index contributed by atoms with van der Waals surface area (Å²) in [6, 6.07) is 8.27. The molecule has 3 aromatic heterocycles. The zero-order valence-corrected chi connectivity index (χ0v) is 13.7. The Labute approximate surface area is 141 Å². The monoisotopic (exact) mass is 320 g/mol. The highest BCUT2D eigenvalue weighted by Gasteiger charge is 2.23. The average molecular weight is 320 g/mol. The second kappa shape index (κ2) is 6.39. The number of anilines is 1. The van der Waals surface area contributed by atoms with Crippen LogP contribution in [0.25, 0.3) is 5.82 Å². The molecule has 0 saturated carbocycles. The Balaban J connectivity index is 1.57. The van der Waals surface area contributed by atoms with E-state index in [-0.39, 0.29) is 0 Å². The van der Waals surface area contributed by atoms with E-state index in [2.05, 4.69) is 38.1 Å². The van der Waals surface area contributed by atoms with Crippen molar-refractivity contribution in [2.45, 2.75) is 25.7 Å². The van der Waals surface area contributed by atoms with Gasteiger partial charge in [0.25, 0.3) is 0 Å². The SMILES string of the molecule is Cc1cc(N2CCC[C@@H](c3cccc(-n4ccnc4)n3)C2)ncn1. The molecule has 0 N–H and O–H groups in total. The molecule has 0 bridgehead atoms. The molecule has 3 aromatic rings. The molecule has 0 amide bonds. The van der Waals surface area contributed by atoms with Crippen LogP contribution in [0.2, 0.25) is 0 Å². The smallest absolute Gasteiger partial charge is 0.138 e. The highest BCUT2D eigenvalue weighted by Crippen LogP contribution is 2.28. The van der Waals surface area contributed by atoms with Crippen LogP contribution in [0.1, 0.15) is 30.1 Å². The van der Waals surface area contributed by atoms with Crippen LogP contribution in [0.4, 0.5) is 5.82 Å². The molecule has 4 heterocycles. The standard InChI is InChI=1S/C18H20N6/c1-14-10-18(21-12-20-14)23-8-3-4-15(11-23)16-5-2-6-17(22-16)24-9-7-19-13-24/h2,5-7,9-10,12-13,15H,3-4,8,11H2,1H3/t15-/m1/s1. The van der Waals surface area contributed by atoms with Gasteiger partial charge in [-0.05, 0) is 31.9 Å². The fourth-order valence-corrected chi connectivity index (χ4v) is 3.25. The molecule has 0 unspecified atom stereocenters. The van der Waals surface area contributed by atoms with Crippen molar-refractivity contribution in [1.29, 1.82) is 0 Å². The minimum atomic E-state index is 0.414. The molecule has 24 heavy (non-hydrogen) atoms. The Bertz CT molecular complexity index is 814. The van der Waals surface area contributed by atoms with Gasteiger partial charge < -0.3 is 4.90 Å². The van der Waals surface area contributed by atoms with Crippen LogP contribution >= 0.6 is 0 Å². The van der Waals surface area contributed by atoms with Gasteiger partial charge in [-0.15, -0.1) is 0 Å². The van der Waals surface area contributed by atoms with Crippen LogP contribution in [0.3, 0.4) is 0 Å². The molecule has 1 saturated heterocycles. The molecule has 0 aromatic carbocycles. The van der Waals surface area contributed by atoms with Crippen molar-refractivity contribution in [2.75, 3.05) is 18.0 Å². The molecule has 0 radical (unpaired) electrons. The van der Waals surface area contributed by atoms with E-state index in [1.807, 2.05) is 23.8 Å². The largest absolute Gasteiger partial charge is 0.356 e. The first-order chi connectivity index (χ1) is 11.8. The fourth-order valence-electron chi connectivity index (χ4n) is 3.25. The Kier molecular flexibility index (Phi) is 3.94. The van der Waals surface area contributed by atoms with Crippen molar-refractivity contribution in [1.82, 2.24) is 24.5 Å². The van der Waals surface area contributed by atoms with Crippen molar-refractivity contribution in [2.24, 2.45) is 0 Å². The normalized spacial score (nSPS) is 17.9. The van der Waals surface area contributed by atoms with E-state index in [0.29, 0.717) is 5.92 Å². The van der Waals surface area contributed by atoms with Crippen molar-refractivity contribution in [3.05, 3.63) is 60.7 Å². The van der Waals surface area contributed by atoms with Gasteiger partial charge in [0.1, 0.15) is 24.3 Å². The van der Waals surface area contributed by atoms with Crippen molar-refractivity contribution in [3.63, 3.8) is 0 Å². The maximum Gasteiger partial charge on any atom is 0.138 e. The molecule has 1 aliphatic heterocycles. The second-order valence-electron chi connectivity index (χ2n) is 6.19. The fraction of sp³-hybridized carbons (Fsp3) is 0.333. The van der Waals surface area contributed by atoms with Gasteiger partial charge in [0.2, 0.25) is 0 Å². The highest BCUT2D eigenvalue weighted by molar-refractivity contribution is 5.40. The number of nitrogens with zero attached hydrogens (tertiary/aromatic N) is 6. The van der Waals surface area contributed by atoms with Crippen LogP contribution in [-0.4, -0.2) is 37.6 Å². The van der Waals surface area contributed by atoms with Gasteiger partial charge in [0, 0.05) is 48.9 Å². The molecule has 122 valence electrons. The van der Waals surface area contributed by atoms with Crippen LogP contribution in [-0.2, 0) is 0 Å². The summed E-state index contributed by atoms with van der Waals surface area (Å²) in [5, 5.41) is 0. The zero-order chi connectivity index (χ0) is 16.4. The lowest BCUT2D eigenvalue weighted by Gasteiger charge is -2.33. The molecular weight excluding hydrogens is 300 g/mol. The van der Waals surface area contributed by atoms with E-state index in [0.717, 1.165) is 49.0 Å². The summed E-state index contributed by atoms with van der Waals surface area (Å²) >= 11 is 0.